The van der Waals surface area contributed by atoms with Crippen LogP contribution >= 0.6 is 22.9 Å². The molecule has 1 atom stereocenters. The lowest BCUT2D eigenvalue weighted by Gasteiger charge is -2.28. The fraction of sp³-hybridized carbons (Fsp3) is 0.545. The zero-order valence-electron chi connectivity index (χ0n) is 18.0. The van der Waals surface area contributed by atoms with Gasteiger partial charge in [-0.2, -0.15) is 0 Å². The number of amides is 2. The minimum atomic E-state index is -0.166. The van der Waals surface area contributed by atoms with Gasteiger partial charge in [-0.3, -0.25) is 9.59 Å². The molecule has 0 aliphatic carbocycles. The van der Waals surface area contributed by atoms with Crippen molar-refractivity contribution < 1.29 is 9.59 Å². The predicted molar refractivity (Wildman–Crippen MR) is 124 cm³/mol. The maximum Gasteiger partial charge on any atom is 0.227 e. The van der Waals surface area contributed by atoms with Gasteiger partial charge >= 0.3 is 0 Å². The molecule has 8 heteroatoms. The zero-order valence-corrected chi connectivity index (χ0v) is 19.6. The highest BCUT2D eigenvalue weighted by atomic mass is 35.5. The average molecular weight is 451 g/mol. The van der Waals surface area contributed by atoms with Crippen molar-refractivity contribution in [2.45, 2.75) is 71.8 Å². The SMILES string of the molecule is CCCCCCC(=O)N(CCC(=O)Nc1nnc(-c2ccc(Cl)cc2)s1)C(C)CC. The molecule has 1 unspecified atom stereocenters. The number of rotatable bonds is 12. The van der Waals surface area contributed by atoms with Gasteiger partial charge in [0.15, 0.2) is 0 Å². The number of nitrogens with one attached hydrogen (secondary N) is 1. The van der Waals surface area contributed by atoms with Crippen LogP contribution in [0.25, 0.3) is 10.6 Å². The van der Waals surface area contributed by atoms with Crippen LogP contribution in [0.1, 0.15) is 65.7 Å². The molecular weight excluding hydrogens is 420 g/mol. The van der Waals surface area contributed by atoms with Crippen molar-refractivity contribution in [2.24, 2.45) is 0 Å². The molecule has 0 aliphatic heterocycles. The van der Waals surface area contributed by atoms with Gasteiger partial charge in [-0.1, -0.05) is 68.2 Å². The topological polar surface area (TPSA) is 75.2 Å². The van der Waals surface area contributed by atoms with Gasteiger partial charge in [-0.05, 0) is 31.9 Å². The molecule has 0 spiro atoms. The minimum absolute atomic E-state index is 0.120. The van der Waals surface area contributed by atoms with E-state index < -0.39 is 0 Å². The summed E-state index contributed by atoms with van der Waals surface area (Å²) in [4.78, 5) is 26.9. The van der Waals surface area contributed by atoms with Gasteiger partial charge in [0.25, 0.3) is 0 Å². The number of carbonyl (C=O) groups is 2. The van der Waals surface area contributed by atoms with Crippen LogP contribution in [0.2, 0.25) is 5.02 Å². The Bertz CT molecular complexity index is 810. The summed E-state index contributed by atoms with van der Waals surface area (Å²) in [6.07, 6.45) is 5.93. The van der Waals surface area contributed by atoms with Gasteiger partial charge in [0.05, 0.1) is 0 Å². The molecule has 1 aromatic heterocycles. The first-order valence-electron chi connectivity index (χ1n) is 10.6. The first kappa shape index (κ1) is 24.3. The Balaban J connectivity index is 1.87. The van der Waals surface area contributed by atoms with E-state index >= 15 is 0 Å². The molecule has 2 rings (SSSR count). The lowest BCUT2D eigenvalue weighted by molar-refractivity contribution is -0.133. The van der Waals surface area contributed by atoms with E-state index in [9.17, 15) is 9.59 Å². The first-order chi connectivity index (χ1) is 14.4. The second kappa shape index (κ2) is 12.6. The van der Waals surface area contributed by atoms with Crippen molar-refractivity contribution in [1.29, 1.82) is 0 Å². The molecule has 30 heavy (non-hydrogen) atoms. The van der Waals surface area contributed by atoms with E-state index in [1.54, 1.807) is 12.1 Å². The Kier molecular flexibility index (Phi) is 10.2. The van der Waals surface area contributed by atoms with E-state index in [2.05, 4.69) is 29.4 Å². The summed E-state index contributed by atoms with van der Waals surface area (Å²) in [7, 11) is 0. The molecule has 164 valence electrons. The van der Waals surface area contributed by atoms with E-state index in [0.717, 1.165) is 37.7 Å². The second-order valence-electron chi connectivity index (χ2n) is 7.37. The predicted octanol–water partition coefficient (Wildman–Crippen LogP) is 5.78. The third-order valence-electron chi connectivity index (χ3n) is 5.03. The second-order valence-corrected chi connectivity index (χ2v) is 8.79. The van der Waals surface area contributed by atoms with Crippen LogP contribution in [0.15, 0.2) is 24.3 Å². The van der Waals surface area contributed by atoms with Crippen LogP contribution in [-0.4, -0.2) is 39.5 Å². The van der Waals surface area contributed by atoms with Crippen LogP contribution in [0.4, 0.5) is 5.13 Å². The fourth-order valence-electron chi connectivity index (χ4n) is 3.04. The molecule has 0 saturated heterocycles. The molecule has 1 N–H and O–H groups in total. The van der Waals surface area contributed by atoms with Crippen LogP contribution in [0.3, 0.4) is 0 Å². The summed E-state index contributed by atoms with van der Waals surface area (Å²) in [5.41, 5.74) is 0.897. The zero-order chi connectivity index (χ0) is 21.9. The number of hydrogen-bond donors (Lipinski definition) is 1. The van der Waals surface area contributed by atoms with Crippen molar-refractivity contribution in [3.63, 3.8) is 0 Å². The van der Waals surface area contributed by atoms with Gasteiger partial charge in [0.1, 0.15) is 5.01 Å². The normalized spacial score (nSPS) is 11.9. The Hall–Kier alpha value is -1.99. The number of unbranched alkanes of at least 4 members (excludes halogenated alkanes) is 3. The van der Waals surface area contributed by atoms with Gasteiger partial charge in [-0.25, -0.2) is 0 Å². The Morgan fingerprint density at radius 3 is 2.50 bits per heavy atom. The monoisotopic (exact) mass is 450 g/mol. The minimum Gasteiger partial charge on any atom is -0.339 e. The average Bonchev–Trinajstić information content (AvgIpc) is 3.20. The quantitative estimate of drug-likeness (QED) is 0.415. The smallest absolute Gasteiger partial charge is 0.227 e. The van der Waals surface area contributed by atoms with E-state index in [0.29, 0.717) is 28.1 Å². The highest BCUT2D eigenvalue weighted by molar-refractivity contribution is 7.18. The summed E-state index contributed by atoms with van der Waals surface area (Å²) < 4.78 is 0. The van der Waals surface area contributed by atoms with Crippen LogP contribution in [-0.2, 0) is 9.59 Å². The van der Waals surface area contributed by atoms with E-state index in [-0.39, 0.29) is 24.3 Å². The van der Waals surface area contributed by atoms with Crippen molar-refractivity contribution in [3.05, 3.63) is 29.3 Å². The van der Waals surface area contributed by atoms with Crippen molar-refractivity contribution in [3.8, 4) is 10.6 Å². The number of halogens is 1. The van der Waals surface area contributed by atoms with Crippen molar-refractivity contribution >= 4 is 39.9 Å². The molecule has 6 nitrogen and oxygen atoms in total. The molecule has 2 amide bonds. The lowest BCUT2D eigenvalue weighted by atomic mass is 10.1. The van der Waals surface area contributed by atoms with Crippen molar-refractivity contribution in [2.75, 3.05) is 11.9 Å². The molecular formula is C22H31ClN4O2S. The van der Waals surface area contributed by atoms with Gasteiger partial charge in [0.2, 0.25) is 16.9 Å². The maximum atomic E-state index is 12.6. The summed E-state index contributed by atoms with van der Waals surface area (Å²) in [5, 5.41) is 12.8. The summed E-state index contributed by atoms with van der Waals surface area (Å²) >= 11 is 7.22. The standard InChI is InChI=1S/C22H31ClN4O2S/c1-4-6-7-8-9-20(29)27(16(3)5-2)15-14-19(28)24-22-26-25-21(30-22)17-10-12-18(23)13-11-17/h10-13,16H,4-9,14-15H2,1-3H3,(H,24,26,28). The number of nitrogens with zero attached hydrogens (tertiary/aromatic N) is 3. The molecule has 1 aromatic carbocycles. The molecule has 0 fully saturated rings. The first-order valence-corrected chi connectivity index (χ1v) is 11.8. The third-order valence-corrected chi connectivity index (χ3v) is 6.17. The van der Waals surface area contributed by atoms with Crippen LogP contribution < -0.4 is 5.32 Å². The van der Waals surface area contributed by atoms with Crippen molar-refractivity contribution in [1.82, 2.24) is 15.1 Å². The number of aromatic nitrogens is 2. The van der Waals surface area contributed by atoms with Crippen LogP contribution in [0.5, 0.6) is 0 Å². The Morgan fingerprint density at radius 1 is 1.10 bits per heavy atom. The fourth-order valence-corrected chi connectivity index (χ4v) is 3.94. The van der Waals surface area contributed by atoms with E-state index in [4.69, 9.17) is 11.6 Å². The molecule has 2 aromatic rings. The van der Waals surface area contributed by atoms with Gasteiger partial charge in [-0.15, -0.1) is 10.2 Å². The van der Waals surface area contributed by atoms with Gasteiger partial charge in [0, 0.05) is 36.0 Å². The molecule has 0 aliphatic rings. The highest BCUT2D eigenvalue weighted by Crippen LogP contribution is 2.27. The van der Waals surface area contributed by atoms with E-state index in [1.807, 2.05) is 24.0 Å². The molecule has 0 saturated carbocycles. The summed E-state index contributed by atoms with van der Waals surface area (Å²) in [6.45, 7) is 6.66. The summed E-state index contributed by atoms with van der Waals surface area (Å²) in [6, 6.07) is 7.43. The number of hydrogen-bond acceptors (Lipinski definition) is 5. The number of benzene rings is 1. The Labute approximate surface area is 188 Å². The number of carbonyl (C=O) groups excluding carboxylic acids is 2. The molecule has 1 heterocycles. The lowest BCUT2D eigenvalue weighted by Crippen LogP contribution is -2.40. The largest absolute Gasteiger partial charge is 0.339 e. The van der Waals surface area contributed by atoms with Gasteiger partial charge < -0.3 is 10.2 Å². The Morgan fingerprint density at radius 2 is 1.83 bits per heavy atom. The number of anilines is 1. The van der Waals surface area contributed by atoms with E-state index in [1.165, 1.54) is 11.3 Å². The molecule has 0 radical (unpaired) electrons. The van der Waals surface area contributed by atoms with Crippen LogP contribution in [0, 0.1) is 0 Å². The maximum absolute atomic E-state index is 12.6. The third kappa shape index (κ3) is 7.69. The summed E-state index contributed by atoms with van der Waals surface area (Å²) in [5.74, 6) is -0.0323. The highest BCUT2D eigenvalue weighted by Gasteiger charge is 2.20. The molecule has 0 bridgehead atoms.